The van der Waals surface area contributed by atoms with Crippen molar-refractivity contribution in [2.45, 2.75) is 51.9 Å². The van der Waals surface area contributed by atoms with E-state index < -0.39 is 21.0 Å². The molecule has 1 rings (SSSR count). The van der Waals surface area contributed by atoms with Crippen LogP contribution in [0.1, 0.15) is 40.5 Å². The molecule has 0 aromatic carbocycles. The second-order valence-corrected chi connectivity index (χ2v) is 8.71. The van der Waals surface area contributed by atoms with Gasteiger partial charge < -0.3 is 10.1 Å². The standard InChI is InChI=1S/C13H25NO4S/c1-10(19(16,17)9-13(2,3)4)12(15)14-8-11-6-5-7-18-11/h10-11H,5-9H2,1-4H3,(H,14,15). The van der Waals surface area contributed by atoms with Crippen molar-refractivity contribution in [3.63, 3.8) is 0 Å². The summed E-state index contributed by atoms with van der Waals surface area (Å²) in [5, 5.41) is 1.67. The SMILES string of the molecule is CC(C(=O)NCC1CCCO1)S(=O)(=O)CC(C)(C)C. The zero-order valence-corrected chi connectivity index (χ0v) is 13.0. The topological polar surface area (TPSA) is 72.5 Å². The smallest absolute Gasteiger partial charge is 0.238 e. The summed E-state index contributed by atoms with van der Waals surface area (Å²) < 4.78 is 29.6. The lowest BCUT2D eigenvalue weighted by molar-refractivity contribution is -0.120. The summed E-state index contributed by atoms with van der Waals surface area (Å²) in [4.78, 5) is 11.9. The highest BCUT2D eigenvalue weighted by molar-refractivity contribution is 7.92. The summed E-state index contributed by atoms with van der Waals surface area (Å²) in [6, 6.07) is 0. The van der Waals surface area contributed by atoms with E-state index in [0.717, 1.165) is 19.4 Å². The maximum atomic E-state index is 12.1. The fraction of sp³-hybridized carbons (Fsp3) is 0.923. The molecule has 1 aliphatic heterocycles. The lowest BCUT2D eigenvalue weighted by Gasteiger charge is -2.21. The predicted molar refractivity (Wildman–Crippen MR) is 74.7 cm³/mol. The summed E-state index contributed by atoms with van der Waals surface area (Å²) in [6.07, 6.45) is 1.95. The van der Waals surface area contributed by atoms with Crippen molar-refractivity contribution < 1.29 is 17.9 Å². The third-order valence-corrected chi connectivity index (χ3v) is 5.63. The maximum Gasteiger partial charge on any atom is 0.238 e. The van der Waals surface area contributed by atoms with Gasteiger partial charge in [-0.15, -0.1) is 0 Å². The molecular formula is C13H25NO4S. The molecule has 0 saturated carbocycles. The van der Waals surface area contributed by atoms with Gasteiger partial charge in [-0.2, -0.15) is 0 Å². The van der Waals surface area contributed by atoms with Crippen molar-refractivity contribution >= 4 is 15.7 Å². The number of hydrogen-bond acceptors (Lipinski definition) is 4. The molecule has 1 aliphatic rings. The first-order valence-corrected chi connectivity index (χ1v) is 8.44. The van der Waals surface area contributed by atoms with E-state index in [9.17, 15) is 13.2 Å². The fourth-order valence-corrected chi connectivity index (χ4v) is 3.92. The minimum absolute atomic E-state index is 0.00845. The molecule has 0 radical (unpaired) electrons. The Labute approximate surface area is 116 Å². The Hall–Kier alpha value is -0.620. The summed E-state index contributed by atoms with van der Waals surface area (Å²) in [5.41, 5.74) is -0.345. The minimum Gasteiger partial charge on any atom is -0.376 e. The average molecular weight is 291 g/mol. The van der Waals surface area contributed by atoms with Gasteiger partial charge in [0.25, 0.3) is 0 Å². The number of sulfone groups is 1. The Kier molecular flexibility index (Phi) is 5.38. The van der Waals surface area contributed by atoms with Crippen molar-refractivity contribution in [2.24, 2.45) is 5.41 Å². The fourth-order valence-electron chi connectivity index (χ4n) is 2.06. The molecule has 0 aliphatic carbocycles. The molecule has 19 heavy (non-hydrogen) atoms. The highest BCUT2D eigenvalue weighted by atomic mass is 32.2. The van der Waals surface area contributed by atoms with Crippen LogP contribution in [0, 0.1) is 5.41 Å². The molecule has 1 heterocycles. The van der Waals surface area contributed by atoms with Gasteiger partial charge >= 0.3 is 0 Å². The second-order valence-electron chi connectivity index (χ2n) is 6.39. The van der Waals surface area contributed by atoms with Crippen LogP contribution >= 0.6 is 0 Å². The first kappa shape index (κ1) is 16.4. The Balaban J connectivity index is 2.50. The van der Waals surface area contributed by atoms with Crippen LogP contribution in [-0.2, 0) is 19.4 Å². The number of nitrogens with one attached hydrogen (secondary N) is 1. The third kappa shape index (κ3) is 5.48. The summed E-state index contributed by atoms with van der Waals surface area (Å²) >= 11 is 0. The Morgan fingerprint density at radius 2 is 2.05 bits per heavy atom. The first-order chi connectivity index (χ1) is 8.62. The van der Waals surface area contributed by atoms with E-state index in [-0.39, 0.29) is 17.3 Å². The number of ether oxygens (including phenoxy) is 1. The van der Waals surface area contributed by atoms with Crippen LogP contribution in [0.3, 0.4) is 0 Å². The van der Waals surface area contributed by atoms with Crippen molar-refractivity contribution in [1.82, 2.24) is 5.32 Å². The highest BCUT2D eigenvalue weighted by Crippen LogP contribution is 2.19. The van der Waals surface area contributed by atoms with Gasteiger partial charge in [-0.3, -0.25) is 4.79 Å². The Morgan fingerprint density at radius 1 is 1.42 bits per heavy atom. The van der Waals surface area contributed by atoms with E-state index in [0.29, 0.717) is 6.54 Å². The van der Waals surface area contributed by atoms with Crippen molar-refractivity contribution in [3.8, 4) is 0 Å². The molecular weight excluding hydrogens is 266 g/mol. The lowest BCUT2D eigenvalue weighted by atomic mass is 10.0. The zero-order valence-electron chi connectivity index (χ0n) is 12.2. The third-order valence-electron chi connectivity index (χ3n) is 3.07. The van der Waals surface area contributed by atoms with Gasteiger partial charge in [-0.05, 0) is 25.2 Å². The van der Waals surface area contributed by atoms with Gasteiger partial charge in [0.2, 0.25) is 5.91 Å². The molecule has 0 bridgehead atoms. The van der Waals surface area contributed by atoms with E-state index >= 15 is 0 Å². The van der Waals surface area contributed by atoms with Crippen LogP contribution in [0.15, 0.2) is 0 Å². The van der Waals surface area contributed by atoms with Crippen LogP contribution in [-0.4, -0.2) is 44.6 Å². The molecule has 1 saturated heterocycles. The molecule has 0 aromatic heterocycles. The summed E-state index contributed by atoms with van der Waals surface area (Å²) in [6.45, 7) is 8.11. The van der Waals surface area contributed by atoms with Gasteiger partial charge in [0.15, 0.2) is 9.84 Å². The first-order valence-electron chi connectivity index (χ1n) is 6.73. The molecule has 1 N–H and O–H groups in total. The molecule has 0 spiro atoms. The Morgan fingerprint density at radius 3 is 2.53 bits per heavy atom. The van der Waals surface area contributed by atoms with Gasteiger partial charge in [0.05, 0.1) is 11.9 Å². The van der Waals surface area contributed by atoms with E-state index in [1.165, 1.54) is 6.92 Å². The van der Waals surface area contributed by atoms with E-state index in [1.54, 1.807) is 0 Å². The minimum atomic E-state index is -3.42. The van der Waals surface area contributed by atoms with Gasteiger partial charge in [0.1, 0.15) is 5.25 Å². The largest absolute Gasteiger partial charge is 0.376 e. The van der Waals surface area contributed by atoms with Gasteiger partial charge in [-0.1, -0.05) is 20.8 Å². The quantitative estimate of drug-likeness (QED) is 0.824. The van der Waals surface area contributed by atoms with E-state index in [1.807, 2.05) is 20.8 Å². The average Bonchev–Trinajstić information content (AvgIpc) is 2.74. The van der Waals surface area contributed by atoms with Gasteiger partial charge in [0, 0.05) is 13.2 Å². The lowest BCUT2D eigenvalue weighted by Crippen LogP contribution is -2.43. The van der Waals surface area contributed by atoms with Crippen LogP contribution < -0.4 is 5.32 Å². The van der Waals surface area contributed by atoms with E-state index in [2.05, 4.69) is 5.32 Å². The number of carbonyl (C=O) groups excluding carboxylic acids is 1. The number of carbonyl (C=O) groups is 1. The van der Waals surface area contributed by atoms with E-state index in [4.69, 9.17) is 4.74 Å². The normalized spacial score (nSPS) is 22.2. The number of amides is 1. The van der Waals surface area contributed by atoms with Crippen LogP contribution in [0.5, 0.6) is 0 Å². The molecule has 1 fully saturated rings. The molecule has 5 nitrogen and oxygen atoms in total. The monoisotopic (exact) mass is 291 g/mol. The molecule has 112 valence electrons. The molecule has 6 heteroatoms. The number of rotatable bonds is 5. The summed E-state index contributed by atoms with van der Waals surface area (Å²) in [5.74, 6) is -0.422. The zero-order chi connectivity index (χ0) is 14.7. The van der Waals surface area contributed by atoms with Crippen LogP contribution in [0.2, 0.25) is 0 Å². The summed E-state index contributed by atoms with van der Waals surface area (Å²) in [7, 11) is -3.42. The molecule has 2 unspecified atom stereocenters. The molecule has 2 atom stereocenters. The highest BCUT2D eigenvalue weighted by Gasteiger charge is 2.32. The maximum absolute atomic E-state index is 12.1. The van der Waals surface area contributed by atoms with Crippen LogP contribution in [0.4, 0.5) is 0 Å². The van der Waals surface area contributed by atoms with Gasteiger partial charge in [-0.25, -0.2) is 8.42 Å². The molecule has 1 amide bonds. The second kappa shape index (κ2) is 6.22. The predicted octanol–water partition coefficient (Wildman–Crippen LogP) is 1.13. The molecule has 0 aromatic rings. The van der Waals surface area contributed by atoms with Crippen LogP contribution in [0.25, 0.3) is 0 Å². The van der Waals surface area contributed by atoms with Crippen molar-refractivity contribution in [3.05, 3.63) is 0 Å². The van der Waals surface area contributed by atoms with Crippen molar-refractivity contribution in [1.29, 1.82) is 0 Å². The van der Waals surface area contributed by atoms with Crippen molar-refractivity contribution in [2.75, 3.05) is 18.9 Å². The Bertz CT molecular complexity index is 405. The number of hydrogen-bond donors (Lipinski definition) is 1.